The Morgan fingerprint density at radius 1 is 0.301 bits per heavy atom. The quantitative estimate of drug-likeness (QED) is 0.147. The summed E-state index contributed by atoms with van der Waals surface area (Å²) < 4.78 is 1.03. The molecule has 0 saturated carbocycles. The van der Waals surface area contributed by atoms with E-state index in [2.05, 4.69) is 177 Å². The first-order valence-electron chi connectivity index (χ1n) is 27.6. The van der Waals surface area contributed by atoms with E-state index in [0.717, 1.165) is 77.8 Å². The van der Waals surface area contributed by atoms with Gasteiger partial charge < -0.3 is 10.0 Å². The van der Waals surface area contributed by atoms with E-state index in [1.54, 1.807) is 6.07 Å². The standard InChI is InChI=1S/C37H28N2.C22H15BrN2.C15H15BO2.CH4/c1-37(2)32-19-10-9-18-30(32)31-21-20-28(23-33(31)37)27-16-11-17-29(22-27)35-24-34(25-12-5-3-6-13-25)38-36(39-35)26-14-7-4-8-15-26;23-19-13-7-12-18(14-19)21-15-20(16-8-3-1-4-9-16)24-22(25-21)17-10-5-2-6-11-17;1-15(2)13-6-4-3-5-11(13)12-8-7-10(16(17)18)9-14(12)15;/h3-24H,1-2H3;1-15H;3-9,17-18H,1-2H3;1H4. The Morgan fingerprint density at radius 2 is 0.651 bits per heavy atom. The van der Waals surface area contributed by atoms with Gasteiger partial charge in [-0.3, -0.25) is 0 Å². The molecule has 14 rings (SSSR count). The molecule has 2 N–H and O–H groups in total. The fourth-order valence-electron chi connectivity index (χ4n) is 11.4. The molecule has 404 valence electrons. The van der Waals surface area contributed by atoms with Gasteiger partial charge in [-0.2, -0.15) is 0 Å². The van der Waals surface area contributed by atoms with Crippen LogP contribution in [-0.2, 0) is 10.8 Å². The van der Waals surface area contributed by atoms with Gasteiger partial charge in [-0.1, -0.05) is 282 Å². The van der Waals surface area contributed by atoms with Gasteiger partial charge in [-0.05, 0) is 97.5 Å². The SMILES string of the molecule is Brc1cccc(-c2cc(-c3ccccc3)nc(-c3ccccc3)n2)c1.C.CC1(C)c2ccccc2-c2ccc(-c3cccc(-c4cc(-c5ccccc5)nc(-c5ccccc5)n4)c3)cc21.CC1(C)c2ccccc2-c2ccc(B(O)O)cc21. The monoisotopic (exact) mass is 1140 g/mol. The predicted octanol–water partition coefficient (Wildman–Crippen LogP) is 18.0. The van der Waals surface area contributed by atoms with Crippen molar-refractivity contribution in [3.63, 3.8) is 0 Å². The molecule has 83 heavy (non-hydrogen) atoms. The van der Waals surface area contributed by atoms with Gasteiger partial charge >= 0.3 is 7.12 Å². The van der Waals surface area contributed by atoms with Crippen molar-refractivity contribution in [1.82, 2.24) is 19.9 Å². The lowest BCUT2D eigenvalue weighted by atomic mass is 9.75. The van der Waals surface area contributed by atoms with Gasteiger partial charge in [0.05, 0.1) is 22.8 Å². The Balaban J connectivity index is 0.000000141. The second-order valence-corrected chi connectivity index (χ2v) is 22.7. The average Bonchev–Trinajstić information content (AvgIpc) is 2.97. The first-order valence-corrected chi connectivity index (χ1v) is 28.4. The van der Waals surface area contributed by atoms with E-state index in [4.69, 9.17) is 19.9 Å². The van der Waals surface area contributed by atoms with E-state index in [-0.39, 0.29) is 18.3 Å². The van der Waals surface area contributed by atoms with E-state index < -0.39 is 7.12 Å². The summed E-state index contributed by atoms with van der Waals surface area (Å²) in [5, 5.41) is 18.6. The second kappa shape index (κ2) is 23.7. The van der Waals surface area contributed by atoms with Gasteiger partial charge in [0.15, 0.2) is 11.6 Å². The highest BCUT2D eigenvalue weighted by Crippen LogP contribution is 2.50. The van der Waals surface area contributed by atoms with Crippen LogP contribution in [0.2, 0.25) is 0 Å². The minimum atomic E-state index is -1.41. The van der Waals surface area contributed by atoms with Crippen LogP contribution in [0, 0.1) is 0 Å². The molecule has 2 aliphatic carbocycles. The lowest BCUT2D eigenvalue weighted by Crippen LogP contribution is -2.31. The molecule has 6 nitrogen and oxygen atoms in total. The van der Waals surface area contributed by atoms with E-state index in [1.807, 2.05) is 127 Å². The van der Waals surface area contributed by atoms with Crippen LogP contribution in [0.25, 0.3) is 101 Å². The fourth-order valence-corrected chi connectivity index (χ4v) is 11.8. The van der Waals surface area contributed by atoms with Crippen molar-refractivity contribution in [2.45, 2.75) is 46.0 Å². The third kappa shape index (κ3) is 11.4. The van der Waals surface area contributed by atoms with Gasteiger partial charge in [0, 0.05) is 48.7 Å². The van der Waals surface area contributed by atoms with Crippen molar-refractivity contribution in [2.75, 3.05) is 0 Å². The van der Waals surface area contributed by atoms with E-state index in [9.17, 15) is 10.0 Å². The summed E-state index contributed by atoms with van der Waals surface area (Å²) >= 11 is 3.54. The van der Waals surface area contributed by atoms with Crippen LogP contribution in [-0.4, -0.2) is 37.1 Å². The van der Waals surface area contributed by atoms with Crippen molar-refractivity contribution in [2.24, 2.45) is 0 Å². The lowest BCUT2D eigenvalue weighted by Gasteiger charge is -2.22. The first kappa shape index (κ1) is 55.7. The Kier molecular flexibility index (Phi) is 15.9. The summed E-state index contributed by atoms with van der Waals surface area (Å²) in [5.74, 6) is 1.46. The number of fused-ring (bicyclic) bond motifs is 6. The van der Waals surface area contributed by atoms with Crippen molar-refractivity contribution in [1.29, 1.82) is 0 Å². The molecule has 0 atom stereocenters. The summed E-state index contributed by atoms with van der Waals surface area (Å²) in [7, 11) is -1.41. The van der Waals surface area contributed by atoms with Crippen LogP contribution in [0.4, 0.5) is 0 Å². The number of aromatic nitrogens is 4. The second-order valence-electron chi connectivity index (χ2n) is 21.8. The molecule has 0 spiro atoms. The van der Waals surface area contributed by atoms with Gasteiger partial charge in [0.1, 0.15) is 0 Å². The summed E-state index contributed by atoms with van der Waals surface area (Å²) in [4.78, 5) is 19.6. The highest BCUT2D eigenvalue weighted by Gasteiger charge is 2.37. The van der Waals surface area contributed by atoms with Crippen molar-refractivity contribution >= 4 is 28.5 Å². The molecular weight excluding hydrogens is 1080 g/mol. The topological polar surface area (TPSA) is 92.0 Å². The van der Waals surface area contributed by atoms with Gasteiger partial charge in [-0.15, -0.1) is 0 Å². The van der Waals surface area contributed by atoms with E-state index in [0.29, 0.717) is 5.46 Å². The summed E-state index contributed by atoms with van der Waals surface area (Å²) in [6.07, 6.45) is 0. The predicted molar refractivity (Wildman–Crippen MR) is 348 cm³/mol. The summed E-state index contributed by atoms with van der Waals surface area (Å²) in [6, 6.07) is 91.6. The zero-order valence-corrected chi connectivity index (χ0v) is 47.6. The molecule has 8 heteroatoms. The smallest absolute Gasteiger partial charge is 0.423 e. The minimum Gasteiger partial charge on any atom is -0.423 e. The van der Waals surface area contributed by atoms with E-state index in [1.165, 1.54) is 50.1 Å². The van der Waals surface area contributed by atoms with Crippen LogP contribution in [0.3, 0.4) is 0 Å². The first-order chi connectivity index (χ1) is 39.9. The molecule has 0 aliphatic heterocycles. The summed E-state index contributed by atoms with van der Waals surface area (Å²) in [6.45, 7) is 9.00. The Hall–Kier alpha value is -9.18. The Labute approximate surface area is 496 Å². The van der Waals surface area contributed by atoms with Crippen LogP contribution in [0.5, 0.6) is 0 Å². The fraction of sp³-hybridized carbons (Fsp3) is 0.0933. The average molecular weight is 1140 g/mol. The van der Waals surface area contributed by atoms with Gasteiger partial charge in [0.25, 0.3) is 0 Å². The van der Waals surface area contributed by atoms with Gasteiger partial charge in [-0.25, -0.2) is 19.9 Å². The molecule has 2 aliphatic rings. The highest BCUT2D eigenvalue weighted by atomic mass is 79.9. The molecule has 10 aromatic carbocycles. The molecule has 12 aromatic rings. The third-order valence-corrected chi connectivity index (χ3v) is 16.2. The van der Waals surface area contributed by atoms with Crippen molar-refractivity contribution in [3.8, 4) is 101 Å². The van der Waals surface area contributed by atoms with Crippen molar-refractivity contribution < 1.29 is 10.0 Å². The largest absolute Gasteiger partial charge is 0.488 e. The highest BCUT2D eigenvalue weighted by molar-refractivity contribution is 9.10. The lowest BCUT2D eigenvalue weighted by molar-refractivity contribution is 0.425. The maximum absolute atomic E-state index is 9.30. The van der Waals surface area contributed by atoms with Crippen LogP contribution in [0.15, 0.2) is 271 Å². The number of nitrogens with zero attached hydrogens (tertiary/aromatic N) is 4. The van der Waals surface area contributed by atoms with Crippen molar-refractivity contribution in [3.05, 3.63) is 294 Å². The number of hydrogen-bond acceptors (Lipinski definition) is 6. The zero-order chi connectivity index (χ0) is 56.4. The maximum Gasteiger partial charge on any atom is 0.488 e. The molecule has 2 aromatic heterocycles. The number of rotatable bonds is 8. The van der Waals surface area contributed by atoms with Crippen LogP contribution in [0.1, 0.15) is 57.4 Å². The zero-order valence-electron chi connectivity index (χ0n) is 46.0. The van der Waals surface area contributed by atoms with Crippen LogP contribution >= 0.6 is 15.9 Å². The molecule has 2 heterocycles. The molecule has 0 saturated heterocycles. The number of hydrogen-bond donors (Lipinski definition) is 2. The molecule has 0 radical (unpaired) electrons. The Bertz CT molecular complexity index is 4150. The molecule has 0 amide bonds. The molecule has 0 fully saturated rings. The minimum absolute atomic E-state index is 0. The summed E-state index contributed by atoms with van der Waals surface area (Å²) in [5.41, 5.74) is 23.2. The Morgan fingerprint density at radius 3 is 1.12 bits per heavy atom. The third-order valence-electron chi connectivity index (χ3n) is 15.8. The van der Waals surface area contributed by atoms with Gasteiger partial charge in [0.2, 0.25) is 0 Å². The normalized spacial score (nSPS) is 12.6. The number of benzene rings is 10. The number of halogens is 1. The molecule has 0 bridgehead atoms. The van der Waals surface area contributed by atoms with E-state index >= 15 is 0 Å². The van der Waals surface area contributed by atoms with Crippen LogP contribution < -0.4 is 5.46 Å². The molecular formula is C75H62BBrN4O2. The maximum atomic E-state index is 9.30. The molecule has 0 unspecified atom stereocenters.